The molecular formula is C13H14O3. The first-order valence-corrected chi connectivity index (χ1v) is 5.24. The van der Waals surface area contributed by atoms with E-state index in [0.717, 1.165) is 23.3 Å². The minimum atomic E-state index is -0.807. The van der Waals surface area contributed by atoms with E-state index < -0.39 is 5.97 Å². The predicted octanol–water partition coefficient (Wildman–Crippen LogP) is 2.50. The van der Waals surface area contributed by atoms with Crippen molar-refractivity contribution in [3.63, 3.8) is 0 Å². The Hall–Kier alpha value is -1.77. The van der Waals surface area contributed by atoms with Gasteiger partial charge >= 0.3 is 5.97 Å². The van der Waals surface area contributed by atoms with Crippen molar-refractivity contribution in [3.8, 4) is 5.75 Å². The lowest BCUT2D eigenvalue weighted by atomic mass is 9.86. The fraction of sp³-hybridized carbons (Fsp3) is 0.308. The van der Waals surface area contributed by atoms with E-state index in [1.54, 1.807) is 7.11 Å². The van der Waals surface area contributed by atoms with Crippen LogP contribution in [0.25, 0.3) is 5.57 Å². The highest BCUT2D eigenvalue weighted by Crippen LogP contribution is 2.33. The fourth-order valence-electron chi connectivity index (χ4n) is 2.15. The van der Waals surface area contributed by atoms with Gasteiger partial charge in [0.15, 0.2) is 0 Å². The fourth-order valence-corrected chi connectivity index (χ4v) is 2.15. The van der Waals surface area contributed by atoms with Gasteiger partial charge in [0.05, 0.1) is 7.11 Å². The highest BCUT2D eigenvalue weighted by atomic mass is 16.5. The van der Waals surface area contributed by atoms with Crippen LogP contribution in [0.2, 0.25) is 0 Å². The van der Waals surface area contributed by atoms with Crippen molar-refractivity contribution in [2.45, 2.75) is 19.8 Å². The van der Waals surface area contributed by atoms with Crippen LogP contribution in [0.4, 0.5) is 0 Å². The van der Waals surface area contributed by atoms with Gasteiger partial charge in [-0.1, -0.05) is 6.07 Å². The van der Waals surface area contributed by atoms with Crippen LogP contribution >= 0.6 is 0 Å². The van der Waals surface area contributed by atoms with Crippen LogP contribution in [-0.2, 0) is 11.2 Å². The van der Waals surface area contributed by atoms with Crippen molar-refractivity contribution in [1.29, 1.82) is 0 Å². The Balaban J connectivity index is 2.51. The second kappa shape index (κ2) is 4.00. The summed E-state index contributed by atoms with van der Waals surface area (Å²) in [5, 5.41) is 9.05. The molecule has 1 aliphatic rings. The molecule has 0 saturated carbocycles. The molecule has 0 radical (unpaired) electrons. The highest BCUT2D eigenvalue weighted by molar-refractivity contribution is 5.97. The molecule has 1 aromatic carbocycles. The van der Waals surface area contributed by atoms with Crippen molar-refractivity contribution in [3.05, 3.63) is 34.9 Å². The summed E-state index contributed by atoms with van der Waals surface area (Å²) in [4.78, 5) is 11.0. The highest BCUT2D eigenvalue weighted by Gasteiger charge is 2.20. The lowest BCUT2D eigenvalue weighted by molar-refractivity contribution is -0.132. The largest absolute Gasteiger partial charge is 0.497 e. The molecule has 16 heavy (non-hydrogen) atoms. The summed E-state index contributed by atoms with van der Waals surface area (Å²) in [6, 6.07) is 5.79. The van der Waals surface area contributed by atoms with Gasteiger partial charge in [0, 0.05) is 5.57 Å². The summed E-state index contributed by atoms with van der Waals surface area (Å²) in [6.45, 7) is 1.87. The Morgan fingerprint density at radius 1 is 1.38 bits per heavy atom. The summed E-state index contributed by atoms with van der Waals surface area (Å²) < 4.78 is 5.16. The predicted molar refractivity (Wildman–Crippen MR) is 61.5 cm³/mol. The van der Waals surface area contributed by atoms with Crippen LogP contribution < -0.4 is 4.74 Å². The minimum absolute atomic E-state index is 0.526. The molecule has 0 aromatic heterocycles. The van der Waals surface area contributed by atoms with Crippen molar-refractivity contribution in [2.24, 2.45) is 0 Å². The van der Waals surface area contributed by atoms with Crippen LogP contribution in [0.15, 0.2) is 23.8 Å². The number of rotatable bonds is 2. The first-order chi connectivity index (χ1) is 7.63. The number of ether oxygens (including phenoxy) is 1. The quantitative estimate of drug-likeness (QED) is 0.829. The first kappa shape index (κ1) is 10.7. The number of fused-ring (bicyclic) bond motifs is 1. The molecule has 0 saturated heterocycles. The molecule has 1 aliphatic carbocycles. The van der Waals surface area contributed by atoms with Gasteiger partial charge in [-0.2, -0.15) is 0 Å². The third-order valence-electron chi connectivity index (χ3n) is 3.07. The van der Waals surface area contributed by atoms with Crippen molar-refractivity contribution in [1.82, 2.24) is 0 Å². The Labute approximate surface area is 94.4 Å². The maximum absolute atomic E-state index is 11.0. The average Bonchev–Trinajstić information content (AvgIpc) is 2.28. The number of hydrogen-bond donors (Lipinski definition) is 1. The standard InChI is InChI=1S/C13H14O3/c1-8-11-6-4-10(16-2)7-9(11)3-5-12(8)13(14)15/h4,6-7H,3,5H2,1-2H3,(H,14,15). The molecule has 1 aromatic rings. The number of methoxy groups -OCH3 is 1. The van der Waals surface area contributed by atoms with Crippen molar-refractivity contribution < 1.29 is 14.6 Å². The second-order valence-corrected chi connectivity index (χ2v) is 3.93. The molecule has 0 aliphatic heterocycles. The maximum atomic E-state index is 11.0. The molecule has 0 amide bonds. The minimum Gasteiger partial charge on any atom is -0.497 e. The SMILES string of the molecule is COc1ccc2c(c1)CCC(C(=O)O)=C2C. The number of aliphatic carboxylic acids is 1. The first-order valence-electron chi connectivity index (χ1n) is 5.24. The van der Waals surface area contributed by atoms with Crippen LogP contribution in [0.5, 0.6) is 5.75 Å². The van der Waals surface area contributed by atoms with Gasteiger partial charge in [-0.3, -0.25) is 0 Å². The normalized spacial score (nSPS) is 14.6. The van der Waals surface area contributed by atoms with Crippen LogP contribution in [0.3, 0.4) is 0 Å². The topological polar surface area (TPSA) is 46.5 Å². The summed E-state index contributed by atoms with van der Waals surface area (Å²) in [7, 11) is 1.63. The van der Waals surface area contributed by atoms with Gasteiger partial charge in [-0.05, 0) is 48.6 Å². The van der Waals surface area contributed by atoms with Gasteiger partial charge in [0.25, 0.3) is 0 Å². The number of allylic oxidation sites excluding steroid dienone is 1. The van der Waals surface area contributed by atoms with Gasteiger partial charge in [0.2, 0.25) is 0 Å². The van der Waals surface area contributed by atoms with Gasteiger partial charge < -0.3 is 9.84 Å². The molecule has 0 spiro atoms. The molecule has 3 nitrogen and oxygen atoms in total. The van der Waals surface area contributed by atoms with Crippen LogP contribution in [-0.4, -0.2) is 18.2 Å². The third-order valence-corrected chi connectivity index (χ3v) is 3.07. The molecule has 3 heteroatoms. The zero-order valence-electron chi connectivity index (χ0n) is 9.41. The van der Waals surface area contributed by atoms with Gasteiger partial charge in [-0.25, -0.2) is 4.79 Å². The van der Waals surface area contributed by atoms with Crippen LogP contribution in [0, 0.1) is 0 Å². The molecule has 0 atom stereocenters. The molecule has 84 valence electrons. The van der Waals surface area contributed by atoms with E-state index in [4.69, 9.17) is 9.84 Å². The van der Waals surface area contributed by atoms with E-state index in [1.165, 1.54) is 5.56 Å². The zero-order valence-corrected chi connectivity index (χ0v) is 9.41. The number of carboxylic acids is 1. The smallest absolute Gasteiger partial charge is 0.331 e. The molecule has 2 rings (SSSR count). The monoisotopic (exact) mass is 218 g/mol. The molecular weight excluding hydrogens is 204 g/mol. The lowest BCUT2D eigenvalue weighted by Gasteiger charge is -2.19. The summed E-state index contributed by atoms with van der Waals surface area (Å²) in [6.07, 6.45) is 1.37. The molecule has 0 heterocycles. The van der Waals surface area contributed by atoms with Gasteiger partial charge in [0.1, 0.15) is 5.75 Å². The Kier molecular flexibility index (Phi) is 2.69. The summed E-state index contributed by atoms with van der Waals surface area (Å²) >= 11 is 0. The average molecular weight is 218 g/mol. The summed E-state index contributed by atoms with van der Waals surface area (Å²) in [5.41, 5.74) is 3.60. The van der Waals surface area contributed by atoms with E-state index in [9.17, 15) is 4.79 Å². The Bertz CT molecular complexity index is 472. The Morgan fingerprint density at radius 2 is 2.12 bits per heavy atom. The van der Waals surface area contributed by atoms with Crippen molar-refractivity contribution in [2.75, 3.05) is 7.11 Å². The van der Waals surface area contributed by atoms with Crippen molar-refractivity contribution >= 4 is 11.5 Å². The maximum Gasteiger partial charge on any atom is 0.331 e. The Morgan fingerprint density at radius 3 is 2.75 bits per heavy atom. The number of hydrogen-bond acceptors (Lipinski definition) is 2. The van der Waals surface area contributed by atoms with E-state index in [0.29, 0.717) is 12.0 Å². The third kappa shape index (κ3) is 1.69. The molecule has 0 unspecified atom stereocenters. The number of aryl methyl sites for hydroxylation is 1. The number of benzene rings is 1. The van der Waals surface area contributed by atoms with E-state index in [-0.39, 0.29) is 0 Å². The molecule has 1 N–H and O–H groups in total. The molecule has 0 bridgehead atoms. The molecule has 0 fully saturated rings. The van der Waals surface area contributed by atoms with E-state index in [2.05, 4.69) is 0 Å². The summed E-state index contributed by atoms with van der Waals surface area (Å²) in [5.74, 6) is 0.0179. The zero-order chi connectivity index (χ0) is 11.7. The van der Waals surface area contributed by atoms with E-state index in [1.807, 2.05) is 25.1 Å². The number of carboxylic acid groups (broad SMARTS) is 1. The number of carbonyl (C=O) groups is 1. The lowest BCUT2D eigenvalue weighted by Crippen LogP contribution is -2.10. The van der Waals surface area contributed by atoms with E-state index >= 15 is 0 Å². The van der Waals surface area contributed by atoms with Gasteiger partial charge in [-0.15, -0.1) is 0 Å². The second-order valence-electron chi connectivity index (χ2n) is 3.93. The van der Waals surface area contributed by atoms with Crippen LogP contribution in [0.1, 0.15) is 24.5 Å².